The standard InChI is InChI=1S/C14H18FN3S/c1-9(16)13-10(2)17-14(19-13)18(3)8-11-5-4-6-12(15)7-11/h4-7,9H,8,16H2,1-3H3. The fraction of sp³-hybridized carbons (Fsp3) is 0.357. The molecule has 0 fully saturated rings. The van der Waals surface area contributed by atoms with Gasteiger partial charge in [-0.3, -0.25) is 0 Å². The van der Waals surface area contributed by atoms with Crippen molar-refractivity contribution in [2.45, 2.75) is 26.4 Å². The molecule has 1 heterocycles. The topological polar surface area (TPSA) is 42.2 Å². The van der Waals surface area contributed by atoms with Crippen molar-refractivity contribution in [3.63, 3.8) is 0 Å². The first-order valence-corrected chi connectivity index (χ1v) is 6.97. The van der Waals surface area contributed by atoms with E-state index in [4.69, 9.17) is 5.73 Å². The summed E-state index contributed by atoms with van der Waals surface area (Å²) in [5.41, 5.74) is 7.80. The lowest BCUT2D eigenvalue weighted by atomic mass is 10.2. The summed E-state index contributed by atoms with van der Waals surface area (Å²) in [5, 5.41) is 0.911. The molecule has 1 unspecified atom stereocenters. The molecule has 2 rings (SSSR count). The number of nitrogens with zero attached hydrogens (tertiary/aromatic N) is 2. The van der Waals surface area contributed by atoms with Crippen molar-refractivity contribution < 1.29 is 4.39 Å². The number of aromatic nitrogens is 1. The molecular formula is C14H18FN3S. The maximum Gasteiger partial charge on any atom is 0.185 e. The van der Waals surface area contributed by atoms with E-state index in [0.29, 0.717) is 6.54 Å². The number of anilines is 1. The molecule has 0 saturated heterocycles. The van der Waals surface area contributed by atoms with Gasteiger partial charge in [-0.25, -0.2) is 9.37 Å². The van der Waals surface area contributed by atoms with Crippen LogP contribution in [0.5, 0.6) is 0 Å². The van der Waals surface area contributed by atoms with Crippen LogP contribution in [0.15, 0.2) is 24.3 Å². The predicted octanol–water partition coefficient (Wildman–Crippen LogP) is 3.25. The maximum atomic E-state index is 13.1. The largest absolute Gasteiger partial charge is 0.347 e. The van der Waals surface area contributed by atoms with Crippen LogP contribution in [0.25, 0.3) is 0 Å². The van der Waals surface area contributed by atoms with Gasteiger partial charge in [-0.1, -0.05) is 12.1 Å². The van der Waals surface area contributed by atoms with Crippen LogP contribution in [0.2, 0.25) is 0 Å². The van der Waals surface area contributed by atoms with Gasteiger partial charge in [0.2, 0.25) is 0 Å². The maximum absolute atomic E-state index is 13.1. The van der Waals surface area contributed by atoms with Gasteiger partial charge in [-0.05, 0) is 31.5 Å². The minimum absolute atomic E-state index is 0.00572. The van der Waals surface area contributed by atoms with E-state index in [-0.39, 0.29) is 11.9 Å². The molecule has 0 aliphatic heterocycles. The summed E-state index contributed by atoms with van der Waals surface area (Å²) < 4.78 is 13.1. The molecule has 0 radical (unpaired) electrons. The molecule has 102 valence electrons. The second-order valence-electron chi connectivity index (χ2n) is 4.72. The summed E-state index contributed by atoms with van der Waals surface area (Å²) >= 11 is 1.60. The van der Waals surface area contributed by atoms with Crippen LogP contribution in [0.4, 0.5) is 9.52 Å². The minimum Gasteiger partial charge on any atom is -0.347 e. The number of aryl methyl sites for hydroxylation is 1. The Kier molecular flexibility index (Phi) is 4.17. The minimum atomic E-state index is -0.211. The Morgan fingerprint density at radius 2 is 2.21 bits per heavy atom. The predicted molar refractivity (Wildman–Crippen MR) is 78.0 cm³/mol. The van der Waals surface area contributed by atoms with Crippen molar-refractivity contribution in [3.8, 4) is 0 Å². The molecule has 0 bridgehead atoms. The van der Waals surface area contributed by atoms with Crippen molar-refractivity contribution in [1.29, 1.82) is 0 Å². The molecule has 0 aliphatic carbocycles. The highest BCUT2D eigenvalue weighted by Gasteiger charge is 2.14. The Bertz CT molecular complexity index is 566. The summed E-state index contributed by atoms with van der Waals surface area (Å²) in [5.74, 6) is -0.211. The van der Waals surface area contributed by atoms with E-state index in [9.17, 15) is 4.39 Å². The van der Waals surface area contributed by atoms with Gasteiger partial charge in [0, 0.05) is 24.5 Å². The number of hydrogen-bond acceptors (Lipinski definition) is 4. The fourth-order valence-corrected chi connectivity index (χ4v) is 2.94. The second-order valence-corrected chi connectivity index (χ2v) is 5.73. The molecule has 3 nitrogen and oxygen atoms in total. The van der Waals surface area contributed by atoms with Crippen molar-refractivity contribution in [2.75, 3.05) is 11.9 Å². The zero-order chi connectivity index (χ0) is 14.0. The summed E-state index contributed by atoms with van der Waals surface area (Å²) in [7, 11) is 1.95. The number of benzene rings is 1. The fourth-order valence-electron chi connectivity index (χ4n) is 1.96. The third-order valence-electron chi connectivity index (χ3n) is 2.87. The van der Waals surface area contributed by atoms with Crippen molar-refractivity contribution in [3.05, 3.63) is 46.2 Å². The van der Waals surface area contributed by atoms with Gasteiger partial charge in [-0.15, -0.1) is 11.3 Å². The van der Waals surface area contributed by atoms with Gasteiger partial charge in [0.1, 0.15) is 5.82 Å². The molecule has 19 heavy (non-hydrogen) atoms. The van der Waals surface area contributed by atoms with Crippen molar-refractivity contribution in [1.82, 2.24) is 4.98 Å². The Labute approximate surface area is 116 Å². The number of thiazole rings is 1. The molecule has 0 aliphatic rings. The zero-order valence-corrected chi connectivity index (χ0v) is 12.2. The number of hydrogen-bond donors (Lipinski definition) is 1. The smallest absolute Gasteiger partial charge is 0.185 e. The number of halogens is 1. The van der Waals surface area contributed by atoms with Gasteiger partial charge in [0.15, 0.2) is 5.13 Å². The van der Waals surface area contributed by atoms with Crippen LogP contribution in [0.3, 0.4) is 0 Å². The SMILES string of the molecule is Cc1nc(N(C)Cc2cccc(F)c2)sc1C(C)N. The van der Waals surface area contributed by atoms with Crippen LogP contribution in [-0.2, 0) is 6.54 Å². The quantitative estimate of drug-likeness (QED) is 0.934. The molecule has 2 aromatic rings. The highest BCUT2D eigenvalue weighted by Crippen LogP contribution is 2.29. The zero-order valence-electron chi connectivity index (χ0n) is 11.4. The Hall–Kier alpha value is -1.46. The van der Waals surface area contributed by atoms with Gasteiger partial charge < -0.3 is 10.6 Å². The first-order chi connectivity index (χ1) is 8.97. The normalized spacial score (nSPS) is 12.5. The van der Waals surface area contributed by atoms with E-state index in [1.54, 1.807) is 23.5 Å². The van der Waals surface area contributed by atoms with Gasteiger partial charge >= 0.3 is 0 Å². The van der Waals surface area contributed by atoms with E-state index < -0.39 is 0 Å². The molecule has 1 atom stereocenters. The van der Waals surface area contributed by atoms with Gasteiger partial charge in [-0.2, -0.15) is 0 Å². The molecule has 5 heteroatoms. The number of nitrogens with two attached hydrogens (primary N) is 1. The highest BCUT2D eigenvalue weighted by atomic mass is 32.1. The first kappa shape index (κ1) is 14.0. The molecule has 0 amide bonds. The van der Waals surface area contributed by atoms with Crippen LogP contribution < -0.4 is 10.6 Å². The molecule has 2 N–H and O–H groups in total. The average molecular weight is 279 g/mol. The van der Waals surface area contributed by atoms with Gasteiger partial charge in [0.25, 0.3) is 0 Å². The summed E-state index contributed by atoms with van der Waals surface area (Å²) in [6.07, 6.45) is 0. The summed E-state index contributed by atoms with van der Waals surface area (Å²) in [6.45, 7) is 4.55. The van der Waals surface area contributed by atoms with E-state index in [1.807, 2.05) is 31.9 Å². The van der Waals surface area contributed by atoms with Crippen molar-refractivity contribution in [2.24, 2.45) is 5.73 Å². The molecular weight excluding hydrogens is 261 g/mol. The van der Waals surface area contributed by atoms with Gasteiger partial charge in [0.05, 0.1) is 5.69 Å². The summed E-state index contributed by atoms with van der Waals surface area (Å²) in [4.78, 5) is 7.63. The Balaban J connectivity index is 2.16. The van der Waals surface area contributed by atoms with Crippen LogP contribution in [-0.4, -0.2) is 12.0 Å². The van der Waals surface area contributed by atoms with E-state index >= 15 is 0 Å². The first-order valence-electron chi connectivity index (χ1n) is 6.16. The highest BCUT2D eigenvalue weighted by molar-refractivity contribution is 7.15. The molecule has 0 spiro atoms. The lowest BCUT2D eigenvalue weighted by Crippen LogP contribution is -2.16. The molecule has 0 saturated carbocycles. The van der Waals surface area contributed by atoms with E-state index in [1.165, 1.54) is 6.07 Å². The Morgan fingerprint density at radius 3 is 2.79 bits per heavy atom. The van der Waals surface area contributed by atoms with Crippen LogP contribution >= 0.6 is 11.3 Å². The third kappa shape index (κ3) is 3.30. The lowest BCUT2D eigenvalue weighted by Gasteiger charge is -2.15. The van der Waals surface area contributed by atoms with Crippen LogP contribution in [0.1, 0.15) is 29.1 Å². The lowest BCUT2D eigenvalue weighted by molar-refractivity contribution is 0.625. The van der Waals surface area contributed by atoms with Crippen LogP contribution in [0, 0.1) is 12.7 Å². The molecule has 1 aromatic carbocycles. The third-order valence-corrected chi connectivity index (χ3v) is 4.34. The van der Waals surface area contributed by atoms with E-state index in [0.717, 1.165) is 21.3 Å². The number of rotatable bonds is 4. The monoisotopic (exact) mass is 279 g/mol. The second kappa shape index (κ2) is 5.67. The van der Waals surface area contributed by atoms with Crippen molar-refractivity contribution >= 4 is 16.5 Å². The average Bonchev–Trinajstić information content (AvgIpc) is 2.71. The summed E-state index contributed by atoms with van der Waals surface area (Å²) in [6, 6.07) is 6.62. The Morgan fingerprint density at radius 1 is 1.47 bits per heavy atom. The molecule has 1 aromatic heterocycles. The van der Waals surface area contributed by atoms with E-state index in [2.05, 4.69) is 4.98 Å².